The molecular formula is C18H19FN2O2. The fraction of sp³-hybridized carbons (Fsp3) is 0.278. The van der Waals surface area contributed by atoms with Crippen molar-refractivity contribution in [1.82, 2.24) is 0 Å². The topological polar surface area (TPSA) is 52.6 Å². The van der Waals surface area contributed by atoms with Gasteiger partial charge in [-0.2, -0.15) is 0 Å². The molecule has 1 heterocycles. The lowest BCUT2D eigenvalue weighted by molar-refractivity contribution is -0.124. The summed E-state index contributed by atoms with van der Waals surface area (Å²) in [5.41, 5.74) is 1.40. The van der Waals surface area contributed by atoms with Crippen LogP contribution in [-0.4, -0.2) is 24.1 Å². The van der Waals surface area contributed by atoms with Crippen molar-refractivity contribution < 1.29 is 14.3 Å². The third-order valence-electron chi connectivity index (χ3n) is 4.03. The average Bonchev–Trinajstić information content (AvgIpc) is 3.09. The quantitative estimate of drug-likeness (QED) is 0.912. The highest BCUT2D eigenvalue weighted by molar-refractivity contribution is 5.94. The first kappa shape index (κ1) is 15.5. The average molecular weight is 314 g/mol. The molecule has 1 fully saturated rings. The summed E-state index contributed by atoms with van der Waals surface area (Å²) in [6, 6.07) is 13.3. The summed E-state index contributed by atoms with van der Waals surface area (Å²) in [7, 11) is 0. The maximum atomic E-state index is 14.2. The number of carbonyl (C=O) groups excluding carboxylic acids is 1. The van der Waals surface area contributed by atoms with Crippen molar-refractivity contribution in [3.63, 3.8) is 0 Å². The molecule has 1 unspecified atom stereocenters. The molecule has 0 aromatic heterocycles. The Kier molecular flexibility index (Phi) is 4.57. The molecule has 1 atom stereocenters. The molecule has 2 N–H and O–H groups in total. The second-order valence-electron chi connectivity index (χ2n) is 5.66. The van der Waals surface area contributed by atoms with E-state index in [0.717, 1.165) is 25.9 Å². The molecule has 5 heteroatoms. The van der Waals surface area contributed by atoms with E-state index in [9.17, 15) is 14.3 Å². The number of nitrogens with one attached hydrogen (secondary N) is 1. The van der Waals surface area contributed by atoms with E-state index in [4.69, 9.17) is 0 Å². The van der Waals surface area contributed by atoms with Crippen molar-refractivity contribution in [3.8, 4) is 0 Å². The smallest absolute Gasteiger partial charge is 0.257 e. The number of hydrogen-bond acceptors (Lipinski definition) is 3. The summed E-state index contributed by atoms with van der Waals surface area (Å²) in [5.74, 6) is -0.941. The van der Waals surface area contributed by atoms with Gasteiger partial charge in [-0.25, -0.2) is 4.39 Å². The molecule has 2 aromatic carbocycles. The van der Waals surface area contributed by atoms with Crippen molar-refractivity contribution in [2.75, 3.05) is 23.3 Å². The second-order valence-corrected chi connectivity index (χ2v) is 5.66. The van der Waals surface area contributed by atoms with Crippen LogP contribution < -0.4 is 10.2 Å². The standard InChI is InChI=1S/C18H19FN2O2/c19-15-12-14(8-9-16(15)21-10-4-5-11-21)20-18(23)17(22)13-6-2-1-3-7-13/h1-3,6-9,12,17,22H,4-5,10-11H2,(H,20,23). The van der Waals surface area contributed by atoms with Gasteiger partial charge < -0.3 is 15.3 Å². The van der Waals surface area contributed by atoms with Gasteiger partial charge in [0.2, 0.25) is 0 Å². The highest BCUT2D eigenvalue weighted by Crippen LogP contribution is 2.26. The first-order valence-corrected chi connectivity index (χ1v) is 7.73. The first-order valence-electron chi connectivity index (χ1n) is 7.73. The third kappa shape index (κ3) is 3.51. The molecule has 1 aliphatic heterocycles. The van der Waals surface area contributed by atoms with Crippen LogP contribution in [0.3, 0.4) is 0 Å². The lowest BCUT2D eigenvalue weighted by Gasteiger charge is -2.19. The lowest BCUT2D eigenvalue weighted by atomic mass is 10.1. The highest BCUT2D eigenvalue weighted by Gasteiger charge is 2.19. The molecule has 120 valence electrons. The van der Waals surface area contributed by atoms with Gasteiger partial charge in [0.25, 0.3) is 5.91 Å². The van der Waals surface area contributed by atoms with Gasteiger partial charge in [0.1, 0.15) is 5.82 Å². The van der Waals surface area contributed by atoms with Gasteiger partial charge in [0.15, 0.2) is 6.10 Å². The number of anilines is 2. The van der Waals surface area contributed by atoms with Crippen LogP contribution in [0.5, 0.6) is 0 Å². The molecular weight excluding hydrogens is 295 g/mol. The van der Waals surface area contributed by atoms with E-state index in [2.05, 4.69) is 5.32 Å². The Morgan fingerprint density at radius 1 is 1.13 bits per heavy atom. The van der Waals surface area contributed by atoms with Gasteiger partial charge in [-0.05, 0) is 36.6 Å². The molecule has 0 bridgehead atoms. The summed E-state index contributed by atoms with van der Waals surface area (Å²) in [4.78, 5) is 14.1. The van der Waals surface area contributed by atoms with Crippen LogP contribution in [-0.2, 0) is 4.79 Å². The summed E-state index contributed by atoms with van der Waals surface area (Å²) < 4.78 is 14.2. The number of nitrogens with zero attached hydrogens (tertiary/aromatic N) is 1. The van der Waals surface area contributed by atoms with Crippen LogP contribution in [0.4, 0.5) is 15.8 Å². The number of benzene rings is 2. The maximum absolute atomic E-state index is 14.2. The largest absolute Gasteiger partial charge is 0.378 e. The molecule has 2 aromatic rings. The van der Waals surface area contributed by atoms with Crippen LogP contribution >= 0.6 is 0 Å². The Balaban J connectivity index is 1.70. The third-order valence-corrected chi connectivity index (χ3v) is 4.03. The number of carbonyl (C=O) groups is 1. The highest BCUT2D eigenvalue weighted by atomic mass is 19.1. The zero-order valence-electron chi connectivity index (χ0n) is 12.7. The van der Waals surface area contributed by atoms with E-state index in [1.165, 1.54) is 6.07 Å². The Bertz CT molecular complexity index is 685. The molecule has 0 radical (unpaired) electrons. The number of hydrogen-bond donors (Lipinski definition) is 2. The van der Waals surface area contributed by atoms with Crippen LogP contribution in [0.2, 0.25) is 0 Å². The van der Waals surface area contributed by atoms with Crippen LogP contribution in [0.1, 0.15) is 24.5 Å². The summed E-state index contributed by atoms with van der Waals surface area (Å²) in [6.45, 7) is 1.71. The molecule has 0 spiro atoms. The van der Waals surface area contributed by atoms with Crippen molar-refractivity contribution in [1.29, 1.82) is 0 Å². The zero-order valence-corrected chi connectivity index (χ0v) is 12.7. The molecule has 0 saturated carbocycles. The predicted molar refractivity (Wildman–Crippen MR) is 87.9 cm³/mol. The number of halogens is 1. The van der Waals surface area contributed by atoms with Crippen LogP contribution in [0.15, 0.2) is 48.5 Å². The van der Waals surface area contributed by atoms with Crippen molar-refractivity contribution in [2.45, 2.75) is 18.9 Å². The lowest BCUT2D eigenvalue weighted by Crippen LogP contribution is -2.21. The Labute approximate surface area is 134 Å². The fourth-order valence-corrected chi connectivity index (χ4v) is 2.80. The van der Waals surface area contributed by atoms with E-state index in [-0.39, 0.29) is 5.82 Å². The van der Waals surface area contributed by atoms with Gasteiger partial charge in [-0.3, -0.25) is 4.79 Å². The van der Waals surface area contributed by atoms with E-state index in [1.807, 2.05) is 4.90 Å². The Morgan fingerprint density at radius 3 is 2.48 bits per heavy atom. The second kappa shape index (κ2) is 6.79. The monoisotopic (exact) mass is 314 g/mol. The Hall–Kier alpha value is -2.40. The van der Waals surface area contributed by atoms with E-state index in [0.29, 0.717) is 16.9 Å². The number of aliphatic hydroxyl groups excluding tert-OH is 1. The fourth-order valence-electron chi connectivity index (χ4n) is 2.80. The summed E-state index contributed by atoms with van der Waals surface area (Å²) in [6.07, 6.45) is 0.861. The molecule has 0 aliphatic carbocycles. The van der Waals surface area contributed by atoms with Crippen LogP contribution in [0, 0.1) is 5.82 Å². The molecule has 3 rings (SSSR count). The number of rotatable bonds is 4. The molecule has 4 nitrogen and oxygen atoms in total. The normalized spacial score (nSPS) is 15.5. The maximum Gasteiger partial charge on any atom is 0.257 e. The van der Waals surface area contributed by atoms with Gasteiger partial charge >= 0.3 is 0 Å². The predicted octanol–water partition coefficient (Wildman–Crippen LogP) is 3.10. The van der Waals surface area contributed by atoms with E-state index >= 15 is 0 Å². The van der Waals surface area contributed by atoms with Gasteiger partial charge in [0, 0.05) is 18.8 Å². The SMILES string of the molecule is O=C(Nc1ccc(N2CCCC2)c(F)c1)C(O)c1ccccc1. The first-order chi connectivity index (χ1) is 11.1. The van der Waals surface area contributed by atoms with E-state index < -0.39 is 12.0 Å². The van der Waals surface area contributed by atoms with Gasteiger partial charge in [0.05, 0.1) is 5.69 Å². The van der Waals surface area contributed by atoms with Crippen molar-refractivity contribution in [2.24, 2.45) is 0 Å². The zero-order chi connectivity index (χ0) is 16.2. The van der Waals surface area contributed by atoms with E-state index in [1.54, 1.807) is 42.5 Å². The number of amides is 1. The summed E-state index contributed by atoms with van der Waals surface area (Å²) in [5, 5.41) is 12.6. The van der Waals surface area contributed by atoms with Gasteiger partial charge in [-0.1, -0.05) is 30.3 Å². The molecule has 23 heavy (non-hydrogen) atoms. The van der Waals surface area contributed by atoms with Crippen molar-refractivity contribution >= 4 is 17.3 Å². The molecule has 1 aliphatic rings. The minimum absolute atomic E-state index is 0.338. The van der Waals surface area contributed by atoms with Crippen LogP contribution in [0.25, 0.3) is 0 Å². The summed E-state index contributed by atoms with van der Waals surface area (Å²) >= 11 is 0. The number of aliphatic hydroxyl groups is 1. The Morgan fingerprint density at radius 2 is 1.83 bits per heavy atom. The molecule has 1 amide bonds. The van der Waals surface area contributed by atoms with Gasteiger partial charge in [-0.15, -0.1) is 0 Å². The minimum atomic E-state index is -1.28. The molecule has 1 saturated heterocycles. The van der Waals surface area contributed by atoms with Crippen molar-refractivity contribution in [3.05, 3.63) is 59.9 Å². The minimum Gasteiger partial charge on any atom is -0.378 e.